The first-order chi connectivity index (χ1) is 61.5. The maximum Gasteiger partial charge on any atom is 0.335 e. The highest BCUT2D eigenvalue weighted by molar-refractivity contribution is 7.52. The third-order valence-electron chi connectivity index (χ3n) is 23.1. The fraction of sp³-hybridized carbons (Fsp3) is 0.520. The summed E-state index contributed by atoms with van der Waals surface area (Å²) in [5.41, 5.74) is 7.30. The van der Waals surface area contributed by atoms with Crippen LogP contribution in [0, 0.1) is 94.7 Å². The highest BCUT2D eigenvalue weighted by Crippen LogP contribution is 2.30. The molecule has 0 aromatic heterocycles. The number of benzene rings is 6. The minimum absolute atomic E-state index is 0.00590. The van der Waals surface area contributed by atoms with Crippen molar-refractivity contribution in [2.24, 2.45) is 94.7 Å². The molecule has 24 nitrogen and oxygen atoms in total. The molecule has 0 saturated heterocycles. The molecular weight excluding hydrogens is 1780 g/mol. The van der Waals surface area contributed by atoms with Gasteiger partial charge in [-0.3, -0.25) is 0 Å². The summed E-state index contributed by atoms with van der Waals surface area (Å²) in [5.74, 6) is -0.469. The Labute approximate surface area is 797 Å². The summed E-state index contributed by atoms with van der Waals surface area (Å²) in [6.45, 7) is 53.1. The zero-order chi connectivity index (χ0) is 101. The standard InChI is InChI=1S/4C17H26O2.2C16H24O2.6O2S/c4*1-5-12(2)16(18)14(4)17(19)13(3)11-15-9-7-6-8-10-15;2*1-4-12(2)16(18)13(3)15(17)11-10-14-8-6-5-7-9-14;6*1-3-2/h4*5-10,12-14,16-19H,1,11H2,2-4H3;2*4-9,12-13,15-18H,1,10-11H2,2-3H3;;;;;;/t2*12-,13+,14-,16-,17-;2*12-,13-,14-,16-,17-;2*12-,13+,15-,16-;;;;;;/m101010....../s1. The molecule has 732 valence electrons. The van der Waals surface area contributed by atoms with Gasteiger partial charge in [0.1, 0.15) is 0 Å². The van der Waals surface area contributed by atoms with Crippen molar-refractivity contribution in [2.45, 2.75) is 235 Å². The average Bonchev–Trinajstić information content (AvgIpc) is 0.878. The number of aryl methyl sites for hydroxylation is 2. The number of rotatable bonds is 42. The molecule has 0 heterocycles. The average molecular weight is 1930 g/mol. The Morgan fingerprint density at radius 3 is 0.462 bits per heavy atom. The van der Waals surface area contributed by atoms with Crippen LogP contribution in [0.25, 0.3) is 0 Å². The van der Waals surface area contributed by atoms with Crippen LogP contribution in [0.1, 0.15) is 157 Å². The van der Waals surface area contributed by atoms with Gasteiger partial charge in [0.05, 0.1) is 73.2 Å². The van der Waals surface area contributed by atoms with E-state index < -0.39 is 143 Å². The van der Waals surface area contributed by atoms with Crippen LogP contribution in [0.3, 0.4) is 0 Å². The summed E-state index contributed by atoms with van der Waals surface area (Å²) in [6, 6.07) is 60.7. The minimum atomic E-state index is -0.750. The van der Waals surface area contributed by atoms with Crippen molar-refractivity contribution >= 4 is 69.4 Å². The van der Waals surface area contributed by atoms with E-state index in [0.29, 0.717) is 12.8 Å². The maximum atomic E-state index is 10.4. The second-order valence-electron chi connectivity index (χ2n) is 32.9. The Balaban J connectivity index is -0.000000341. The normalized spacial score (nSPS) is 16.7. The molecule has 130 heavy (non-hydrogen) atoms. The van der Waals surface area contributed by atoms with Gasteiger partial charge < -0.3 is 61.3 Å². The Morgan fingerprint density at radius 1 is 0.208 bits per heavy atom. The van der Waals surface area contributed by atoms with E-state index in [1.165, 1.54) is 33.4 Å². The first-order valence-electron chi connectivity index (χ1n) is 43.2. The molecule has 0 unspecified atom stereocenters. The van der Waals surface area contributed by atoms with Gasteiger partial charge in [0.15, 0.2) is 0 Å². The lowest BCUT2D eigenvalue weighted by Gasteiger charge is -2.30. The van der Waals surface area contributed by atoms with Crippen LogP contribution in [-0.4, -0.2) is 185 Å². The number of aliphatic hydroxyl groups is 12. The summed E-state index contributed by atoms with van der Waals surface area (Å²) in [7, 11) is 0. The molecule has 6 rings (SSSR count). The van der Waals surface area contributed by atoms with E-state index >= 15 is 0 Å². The van der Waals surface area contributed by atoms with Gasteiger partial charge in [0.2, 0.25) is 0 Å². The monoisotopic (exact) mass is 1930 g/mol. The summed E-state index contributed by atoms with van der Waals surface area (Å²) < 4.78 is 99.5. The van der Waals surface area contributed by atoms with Gasteiger partial charge in [-0.25, -0.2) is 0 Å². The smallest absolute Gasteiger partial charge is 0.335 e. The molecule has 0 bridgehead atoms. The van der Waals surface area contributed by atoms with E-state index in [1.54, 1.807) is 36.5 Å². The summed E-state index contributed by atoms with van der Waals surface area (Å²) in [5, 5.41) is 122. The van der Waals surface area contributed by atoms with Crippen LogP contribution in [0.2, 0.25) is 0 Å². The zero-order valence-electron chi connectivity index (χ0n) is 78.6. The van der Waals surface area contributed by atoms with Gasteiger partial charge in [-0.1, -0.05) is 329 Å². The molecule has 0 aliphatic heterocycles. The van der Waals surface area contributed by atoms with E-state index in [0.717, 1.165) is 38.5 Å². The highest BCUT2D eigenvalue weighted by Gasteiger charge is 2.34. The molecule has 0 amide bonds. The Kier molecular flexibility index (Phi) is 86.1. The van der Waals surface area contributed by atoms with Crippen molar-refractivity contribution in [2.75, 3.05) is 0 Å². The lowest BCUT2D eigenvalue weighted by atomic mass is 9.82. The Bertz CT molecular complexity index is 3560. The van der Waals surface area contributed by atoms with Crippen LogP contribution < -0.4 is 0 Å². The van der Waals surface area contributed by atoms with Crippen LogP contribution in [0.5, 0.6) is 0 Å². The Morgan fingerprint density at radius 2 is 0.331 bits per heavy atom. The van der Waals surface area contributed by atoms with Gasteiger partial charge in [0.25, 0.3) is 0 Å². The van der Waals surface area contributed by atoms with Crippen LogP contribution in [0.4, 0.5) is 0 Å². The molecule has 12 N–H and O–H groups in total. The summed E-state index contributed by atoms with van der Waals surface area (Å²) in [6.07, 6.45) is 10.4. The van der Waals surface area contributed by atoms with Gasteiger partial charge in [0, 0.05) is 71.0 Å². The summed E-state index contributed by atoms with van der Waals surface area (Å²) >= 11 is -4.50. The minimum Gasteiger partial charge on any atom is -0.393 e. The fourth-order valence-corrected chi connectivity index (χ4v) is 13.9. The van der Waals surface area contributed by atoms with Crippen LogP contribution in [-0.2, 0) is 108 Å². The predicted octanol–water partition coefficient (Wildman–Crippen LogP) is 13.8. The lowest BCUT2D eigenvalue weighted by molar-refractivity contribution is -0.0202. The molecule has 0 fully saturated rings. The van der Waals surface area contributed by atoms with Crippen molar-refractivity contribution in [1.29, 1.82) is 0 Å². The molecule has 6 aromatic carbocycles. The van der Waals surface area contributed by atoms with E-state index in [9.17, 15) is 61.3 Å². The lowest BCUT2D eigenvalue weighted by Crippen LogP contribution is -2.37. The molecule has 0 saturated carbocycles. The van der Waals surface area contributed by atoms with E-state index in [4.69, 9.17) is 50.5 Å². The van der Waals surface area contributed by atoms with Crippen molar-refractivity contribution in [3.05, 3.63) is 291 Å². The Hall–Kier alpha value is -7.80. The molecule has 6 aromatic rings. The third-order valence-corrected chi connectivity index (χ3v) is 23.1. The highest BCUT2D eigenvalue weighted by atomic mass is 32.1. The van der Waals surface area contributed by atoms with Crippen LogP contribution in [0.15, 0.2) is 258 Å². The van der Waals surface area contributed by atoms with Gasteiger partial charge in [-0.05, 0) is 108 Å². The molecule has 30 heteroatoms. The van der Waals surface area contributed by atoms with Gasteiger partial charge >= 0.3 is 69.4 Å². The third kappa shape index (κ3) is 61.8. The number of hydrogen-bond acceptors (Lipinski definition) is 24. The molecule has 0 spiro atoms. The first-order valence-corrected chi connectivity index (χ1v) is 47.2. The summed E-state index contributed by atoms with van der Waals surface area (Å²) in [4.78, 5) is 0. The topological polar surface area (TPSA) is 448 Å². The van der Waals surface area contributed by atoms with Crippen LogP contribution >= 0.6 is 0 Å². The molecule has 0 aliphatic rings. The molecule has 28 atom stereocenters. The second-order valence-corrected chi connectivity index (χ2v) is 33.7. The molecule has 0 aliphatic carbocycles. The maximum absolute atomic E-state index is 10.4. The van der Waals surface area contributed by atoms with Gasteiger partial charge in [-0.2, -0.15) is 50.5 Å². The molecular formula is C100H152O24S6. The predicted molar refractivity (Wildman–Crippen MR) is 524 cm³/mol. The quantitative estimate of drug-likeness (QED) is 0.0158. The SMILES string of the molecule is C=C[C@@H](C)[C@@H](O)[C@@H](C)[C@H](O)CCc1ccccc1.C=C[C@@H](C)[C@@H](O)[C@@H](C)[C@H](O)[C@@H](C)Cc1ccccc1.C=C[C@@H](C)[C@@H](O)[C@@H](C)[C@H](O)[C@H](C)Cc1ccccc1.C=C[C@H](C)[C@H](O)[C@H](C)[C@@H](O)CCc1ccccc1.C=C[C@H](C)[C@H](O)[C@H](C)[C@@H](O)[C@@H](C)Cc1ccccc1.C=C[C@H](C)[C@H](O)[C@H](C)[C@@H](O)[C@H](C)Cc1ccccc1.O=S=O.O=S=O.O=S=O.O=S=O.O=S=O.O=S=O. The zero-order valence-corrected chi connectivity index (χ0v) is 83.5. The van der Waals surface area contributed by atoms with Crippen molar-refractivity contribution in [3.63, 3.8) is 0 Å². The van der Waals surface area contributed by atoms with E-state index in [2.05, 4.69) is 112 Å². The van der Waals surface area contributed by atoms with E-state index in [-0.39, 0.29) is 94.7 Å². The number of hydrogen-bond donors (Lipinski definition) is 12. The van der Waals surface area contributed by atoms with Gasteiger partial charge in [-0.15, -0.1) is 39.5 Å². The van der Waals surface area contributed by atoms with E-state index in [1.807, 2.05) is 220 Å². The van der Waals surface area contributed by atoms with Crippen molar-refractivity contribution < 1.29 is 112 Å². The van der Waals surface area contributed by atoms with Crippen molar-refractivity contribution in [1.82, 2.24) is 0 Å². The first kappa shape index (κ1) is 133. The second kappa shape index (κ2) is 84.2. The molecule has 0 radical (unpaired) electrons. The largest absolute Gasteiger partial charge is 0.393 e. The van der Waals surface area contributed by atoms with Crippen molar-refractivity contribution in [3.8, 4) is 0 Å². The number of aliphatic hydroxyl groups excluding tert-OH is 12. The fourth-order valence-electron chi connectivity index (χ4n) is 13.9.